The molecule has 20 nitrogen and oxygen atoms in total. The van der Waals surface area contributed by atoms with Crippen molar-refractivity contribution in [1.29, 1.82) is 0 Å². The molecule has 0 bridgehead atoms. The first kappa shape index (κ1) is 43.1. The largest absolute Gasteiger partial charge is 0.497 e. The van der Waals surface area contributed by atoms with Crippen molar-refractivity contribution in [3.8, 4) is 28.7 Å². The molecule has 20 heteroatoms. The maximum atomic E-state index is 13.8. The zero-order chi connectivity index (χ0) is 41.5. The van der Waals surface area contributed by atoms with Gasteiger partial charge in [-0.1, -0.05) is 0 Å². The van der Waals surface area contributed by atoms with Gasteiger partial charge in [0.15, 0.2) is 18.4 Å². The van der Waals surface area contributed by atoms with E-state index in [9.17, 15) is 50.8 Å². The van der Waals surface area contributed by atoms with Crippen molar-refractivity contribution in [3.63, 3.8) is 0 Å². The lowest BCUT2D eigenvalue weighted by molar-refractivity contribution is -0.361. The molecule has 0 aliphatic carbocycles. The van der Waals surface area contributed by atoms with E-state index in [4.69, 9.17) is 47.4 Å². The Kier molecular flexibility index (Phi) is 13.5. The van der Waals surface area contributed by atoms with Crippen molar-refractivity contribution < 1.29 is 98.1 Å². The van der Waals surface area contributed by atoms with Gasteiger partial charge in [-0.05, 0) is 26.0 Å². The Morgan fingerprint density at radius 2 is 1.35 bits per heavy atom. The molecule has 3 fully saturated rings. The minimum absolute atomic E-state index is 0.00654. The van der Waals surface area contributed by atoms with Crippen molar-refractivity contribution in [2.75, 3.05) is 34.5 Å². The number of ether oxygens (including phenoxy) is 10. The van der Waals surface area contributed by atoms with Crippen LogP contribution in [0.15, 0.2) is 24.3 Å². The van der Waals surface area contributed by atoms with Crippen LogP contribution in [0.1, 0.15) is 40.9 Å². The maximum Gasteiger partial charge on any atom is 0.229 e. The van der Waals surface area contributed by atoms with E-state index >= 15 is 0 Å². The normalized spacial score (nSPS) is 38.2. The minimum Gasteiger partial charge on any atom is -0.497 e. The lowest BCUT2D eigenvalue weighted by Crippen LogP contribution is -2.64. The third-order valence-corrected chi connectivity index (χ3v) is 10.6. The van der Waals surface area contributed by atoms with Gasteiger partial charge in [0.1, 0.15) is 108 Å². The summed E-state index contributed by atoms with van der Waals surface area (Å²) >= 11 is 0. The molecule has 0 saturated carbocycles. The lowest BCUT2D eigenvalue weighted by Gasteiger charge is -2.46. The van der Waals surface area contributed by atoms with Gasteiger partial charge in [-0.3, -0.25) is 4.79 Å². The van der Waals surface area contributed by atoms with Gasteiger partial charge in [0.25, 0.3) is 0 Å². The van der Waals surface area contributed by atoms with Gasteiger partial charge >= 0.3 is 0 Å². The van der Waals surface area contributed by atoms with Gasteiger partial charge in [0, 0.05) is 23.3 Å². The first-order chi connectivity index (χ1) is 27.1. The Balaban J connectivity index is 1.17. The molecule has 0 radical (unpaired) electrons. The van der Waals surface area contributed by atoms with Crippen LogP contribution in [0.25, 0.3) is 0 Å². The molecule has 2 aromatic rings. The van der Waals surface area contributed by atoms with Crippen molar-refractivity contribution in [3.05, 3.63) is 41.0 Å². The summed E-state index contributed by atoms with van der Waals surface area (Å²) < 4.78 is 56.9. The predicted molar refractivity (Wildman–Crippen MR) is 188 cm³/mol. The van der Waals surface area contributed by atoms with Gasteiger partial charge in [-0.15, -0.1) is 0 Å². The molecule has 4 aliphatic heterocycles. The van der Waals surface area contributed by atoms with Crippen molar-refractivity contribution >= 4 is 5.78 Å². The SMILES string of the molecule is COc1ccc(C2CC(=O)c3c(OC4OC(COC5OC(CO)C(OC6OC(C)C(O)C(O)C6O)C(O)C5O)C(O)C(O)C4O)cc(OC)c(C)c3O2)c(OC)c1. The average molecular weight is 815 g/mol. The number of aliphatic hydroxyl groups excluding tert-OH is 9. The Morgan fingerprint density at radius 3 is 2.02 bits per heavy atom. The number of carbonyl (C=O) groups excluding carboxylic acids is 1. The van der Waals surface area contributed by atoms with Crippen molar-refractivity contribution in [1.82, 2.24) is 0 Å². The highest BCUT2D eigenvalue weighted by molar-refractivity contribution is 6.03. The second-order valence-corrected chi connectivity index (χ2v) is 14.2. The number of fused-ring (bicyclic) bond motifs is 1. The van der Waals surface area contributed by atoms with Crippen LogP contribution < -0.4 is 23.7 Å². The highest BCUT2D eigenvalue weighted by Crippen LogP contribution is 2.47. The van der Waals surface area contributed by atoms with Crippen LogP contribution >= 0.6 is 0 Å². The van der Waals surface area contributed by atoms with E-state index < -0.39 is 117 Å². The zero-order valence-corrected chi connectivity index (χ0v) is 31.7. The number of methoxy groups -OCH3 is 3. The number of benzene rings is 2. The number of hydrogen-bond donors (Lipinski definition) is 9. The van der Waals surface area contributed by atoms with E-state index in [0.29, 0.717) is 22.6 Å². The topological polar surface area (TPSA) is 291 Å². The molecule has 4 heterocycles. The number of carbonyl (C=O) groups is 1. The number of aliphatic hydroxyl groups is 9. The number of Topliss-reactive ketones (excluding diaryl/α,β-unsaturated/α-hetero) is 1. The summed E-state index contributed by atoms with van der Waals surface area (Å²) in [5.41, 5.74) is 1.05. The standard InChI is InChI=1S/C37H50O20/c1-13-18(49-4)10-21(24-17(39)9-20(53-33(13)24)16-7-6-15(48-3)8-19(16)50-5)54-37-31(46)28(43)26(41)23(56-37)12-51-35-32(47)29(44)34(22(11-38)55-35)57-36-30(45)27(42)25(40)14(2)52-36/h6-8,10,14,20,22-23,25-32,34-38,40-47H,9,11-12H2,1-5H3. The molecule has 57 heavy (non-hydrogen) atoms. The molecule has 9 N–H and O–H groups in total. The van der Waals surface area contributed by atoms with Crippen LogP contribution in [-0.2, 0) is 23.7 Å². The average Bonchev–Trinajstić information content (AvgIpc) is 3.21. The number of hydrogen-bond acceptors (Lipinski definition) is 20. The summed E-state index contributed by atoms with van der Waals surface area (Å²) in [6, 6.07) is 6.48. The van der Waals surface area contributed by atoms with E-state index in [1.165, 1.54) is 34.3 Å². The molecule has 4 aliphatic rings. The van der Waals surface area contributed by atoms with Crippen LogP contribution in [0, 0.1) is 6.92 Å². The molecule has 16 atom stereocenters. The van der Waals surface area contributed by atoms with E-state index in [2.05, 4.69) is 0 Å². The first-order valence-corrected chi connectivity index (χ1v) is 18.2. The zero-order valence-electron chi connectivity index (χ0n) is 31.7. The van der Waals surface area contributed by atoms with Gasteiger partial charge in [0.05, 0.1) is 47.1 Å². The van der Waals surface area contributed by atoms with Gasteiger partial charge in [-0.2, -0.15) is 0 Å². The Bertz CT molecular complexity index is 1710. The monoisotopic (exact) mass is 814 g/mol. The van der Waals surface area contributed by atoms with Crippen LogP contribution in [0.5, 0.6) is 28.7 Å². The van der Waals surface area contributed by atoms with E-state index in [-0.39, 0.29) is 29.2 Å². The molecular formula is C37H50O20. The van der Waals surface area contributed by atoms with Crippen LogP contribution in [0.4, 0.5) is 0 Å². The maximum absolute atomic E-state index is 13.8. The molecule has 0 amide bonds. The molecule has 6 rings (SSSR count). The second kappa shape index (κ2) is 17.8. The molecule has 318 valence electrons. The third-order valence-electron chi connectivity index (χ3n) is 10.6. The van der Waals surface area contributed by atoms with Crippen molar-refractivity contribution in [2.45, 2.75) is 118 Å². The first-order valence-electron chi connectivity index (χ1n) is 18.2. The Morgan fingerprint density at radius 1 is 0.702 bits per heavy atom. The Labute approximate surface area is 326 Å². The van der Waals surface area contributed by atoms with E-state index in [0.717, 1.165) is 0 Å². The molecule has 0 aromatic heterocycles. The predicted octanol–water partition coefficient (Wildman–Crippen LogP) is -2.42. The van der Waals surface area contributed by atoms with Crippen molar-refractivity contribution in [2.24, 2.45) is 0 Å². The van der Waals surface area contributed by atoms with Gasteiger partial charge in [0.2, 0.25) is 6.29 Å². The summed E-state index contributed by atoms with van der Waals surface area (Å²) in [5.74, 6) is 0.817. The van der Waals surface area contributed by atoms with E-state index in [1.54, 1.807) is 25.1 Å². The van der Waals surface area contributed by atoms with Gasteiger partial charge < -0.3 is 93.3 Å². The fourth-order valence-corrected chi connectivity index (χ4v) is 7.24. The quantitative estimate of drug-likeness (QED) is 0.108. The summed E-state index contributed by atoms with van der Waals surface area (Å²) in [6.45, 7) is 1.66. The summed E-state index contributed by atoms with van der Waals surface area (Å²) in [5, 5.41) is 95.1. The molecular weight excluding hydrogens is 764 g/mol. The smallest absolute Gasteiger partial charge is 0.229 e. The Hall–Kier alpha value is -3.45. The highest BCUT2D eigenvalue weighted by Gasteiger charge is 2.51. The summed E-state index contributed by atoms with van der Waals surface area (Å²) in [4.78, 5) is 13.8. The fraction of sp³-hybridized carbons (Fsp3) is 0.649. The summed E-state index contributed by atoms with van der Waals surface area (Å²) in [7, 11) is 4.38. The summed E-state index contributed by atoms with van der Waals surface area (Å²) in [6.07, 6.45) is -25.3. The molecule has 2 aromatic carbocycles. The van der Waals surface area contributed by atoms with Crippen LogP contribution in [-0.4, -0.2) is 178 Å². The molecule has 3 saturated heterocycles. The second-order valence-electron chi connectivity index (χ2n) is 14.2. The van der Waals surface area contributed by atoms with E-state index in [1.807, 2.05) is 0 Å². The van der Waals surface area contributed by atoms with Crippen LogP contribution in [0.3, 0.4) is 0 Å². The van der Waals surface area contributed by atoms with Crippen LogP contribution in [0.2, 0.25) is 0 Å². The lowest BCUT2D eigenvalue weighted by atomic mass is 9.93. The molecule has 0 spiro atoms. The third kappa shape index (κ3) is 8.38. The van der Waals surface area contributed by atoms with Gasteiger partial charge in [-0.25, -0.2) is 0 Å². The molecule has 16 unspecified atom stereocenters. The fourth-order valence-electron chi connectivity index (χ4n) is 7.24. The number of ketones is 1. The minimum atomic E-state index is -1.87. The highest BCUT2D eigenvalue weighted by atomic mass is 16.8. The number of rotatable bonds is 12.